The van der Waals surface area contributed by atoms with Gasteiger partial charge in [-0.15, -0.1) is 0 Å². The summed E-state index contributed by atoms with van der Waals surface area (Å²) in [6.45, 7) is 5.30. The molecule has 0 spiro atoms. The molecule has 1 aliphatic heterocycles. The van der Waals surface area contributed by atoms with Gasteiger partial charge in [0.05, 0.1) is 0 Å². The first-order valence-corrected chi connectivity index (χ1v) is 9.49. The summed E-state index contributed by atoms with van der Waals surface area (Å²) in [6.07, 6.45) is -0.113. The van der Waals surface area contributed by atoms with Gasteiger partial charge >= 0.3 is 0 Å². The molecule has 27 heavy (non-hydrogen) atoms. The Bertz CT molecular complexity index is 799. The predicted molar refractivity (Wildman–Crippen MR) is 108 cm³/mol. The van der Waals surface area contributed by atoms with E-state index in [9.17, 15) is 9.59 Å². The quantitative estimate of drug-likeness (QED) is 0.805. The lowest BCUT2D eigenvalue weighted by Crippen LogP contribution is -2.49. The number of nitrogens with one attached hydrogen (secondary N) is 1. The van der Waals surface area contributed by atoms with Gasteiger partial charge in [-0.25, -0.2) is 0 Å². The molecule has 0 aliphatic carbocycles. The molecule has 0 radical (unpaired) electrons. The Hall–Kier alpha value is -2.53. The van der Waals surface area contributed by atoms with Gasteiger partial charge in [0.15, 0.2) is 0 Å². The van der Waals surface area contributed by atoms with E-state index < -0.39 is 0 Å². The summed E-state index contributed by atoms with van der Waals surface area (Å²) in [5.74, 6) is -0.372. The first-order chi connectivity index (χ1) is 13.0. The molecule has 0 atom stereocenters. The molecule has 6 heteroatoms. The van der Waals surface area contributed by atoms with Crippen LogP contribution in [0.15, 0.2) is 48.5 Å². The molecule has 2 aromatic rings. The fourth-order valence-corrected chi connectivity index (χ4v) is 3.28. The first kappa shape index (κ1) is 19.2. The van der Waals surface area contributed by atoms with E-state index in [0.29, 0.717) is 24.7 Å². The second-order valence-electron chi connectivity index (χ2n) is 6.79. The third kappa shape index (κ3) is 5.47. The second-order valence-corrected chi connectivity index (χ2v) is 7.22. The van der Waals surface area contributed by atoms with Gasteiger partial charge in [-0.05, 0) is 42.3 Å². The zero-order valence-electron chi connectivity index (χ0n) is 15.5. The van der Waals surface area contributed by atoms with Gasteiger partial charge in [-0.3, -0.25) is 9.59 Å². The molecule has 1 aliphatic rings. The molecule has 5 nitrogen and oxygen atoms in total. The maximum Gasteiger partial charge on any atom is 0.232 e. The number of rotatable bonds is 5. The predicted octanol–water partition coefficient (Wildman–Crippen LogP) is 3.00. The highest BCUT2D eigenvalue weighted by Gasteiger charge is 2.22. The van der Waals surface area contributed by atoms with Gasteiger partial charge in [0.1, 0.15) is 6.42 Å². The van der Waals surface area contributed by atoms with Crippen LogP contribution in [-0.2, 0) is 16.1 Å². The molecule has 0 unspecified atom stereocenters. The van der Waals surface area contributed by atoms with Gasteiger partial charge in [0.25, 0.3) is 0 Å². The van der Waals surface area contributed by atoms with Crippen molar-refractivity contribution in [2.24, 2.45) is 0 Å². The lowest BCUT2D eigenvalue weighted by Gasteiger charge is -2.36. The molecule has 142 valence electrons. The SMILES string of the molecule is Cc1cccc(N2CCN(C(=O)CC(=O)NCc3ccc(Cl)cc3)CC2)c1. The number of benzene rings is 2. The Labute approximate surface area is 164 Å². The van der Waals surface area contributed by atoms with E-state index in [0.717, 1.165) is 18.7 Å². The van der Waals surface area contributed by atoms with Crippen LogP contribution >= 0.6 is 11.6 Å². The lowest BCUT2D eigenvalue weighted by atomic mass is 10.2. The number of carbonyl (C=O) groups excluding carboxylic acids is 2. The van der Waals surface area contributed by atoms with Crippen molar-refractivity contribution in [3.8, 4) is 0 Å². The van der Waals surface area contributed by atoms with E-state index in [1.165, 1.54) is 11.3 Å². The number of piperazine rings is 1. The van der Waals surface area contributed by atoms with Crippen molar-refractivity contribution in [1.82, 2.24) is 10.2 Å². The van der Waals surface area contributed by atoms with Crippen LogP contribution in [0.3, 0.4) is 0 Å². The van der Waals surface area contributed by atoms with Crippen molar-refractivity contribution in [3.63, 3.8) is 0 Å². The zero-order valence-corrected chi connectivity index (χ0v) is 16.2. The topological polar surface area (TPSA) is 52.7 Å². The number of amides is 2. The molecule has 3 rings (SSSR count). The molecule has 1 saturated heterocycles. The normalized spacial score (nSPS) is 14.1. The van der Waals surface area contributed by atoms with Crippen LogP contribution in [0.4, 0.5) is 5.69 Å². The van der Waals surface area contributed by atoms with Crippen molar-refractivity contribution in [2.45, 2.75) is 19.9 Å². The number of nitrogens with zero attached hydrogens (tertiary/aromatic N) is 2. The van der Waals surface area contributed by atoms with Crippen molar-refractivity contribution >= 4 is 29.1 Å². The smallest absolute Gasteiger partial charge is 0.232 e. The fourth-order valence-electron chi connectivity index (χ4n) is 3.15. The first-order valence-electron chi connectivity index (χ1n) is 9.12. The van der Waals surface area contributed by atoms with Crippen molar-refractivity contribution < 1.29 is 9.59 Å². The van der Waals surface area contributed by atoms with Crippen LogP contribution in [0.2, 0.25) is 5.02 Å². The summed E-state index contributed by atoms with van der Waals surface area (Å²) in [5, 5.41) is 3.45. The summed E-state index contributed by atoms with van der Waals surface area (Å²) in [6, 6.07) is 15.6. The van der Waals surface area contributed by atoms with Crippen LogP contribution in [0.25, 0.3) is 0 Å². The van der Waals surface area contributed by atoms with Crippen LogP contribution in [0, 0.1) is 6.92 Å². The minimum atomic E-state index is -0.254. The zero-order chi connectivity index (χ0) is 19.2. The molecule has 1 heterocycles. The number of halogens is 1. The maximum atomic E-state index is 12.4. The number of anilines is 1. The van der Waals surface area contributed by atoms with E-state index in [-0.39, 0.29) is 18.2 Å². The Morgan fingerprint density at radius 1 is 1.04 bits per heavy atom. The van der Waals surface area contributed by atoms with Gasteiger partial charge in [0.2, 0.25) is 11.8 Å². The average Bonchev–Trinajstić information content (AvgIpc) is 2.67. The van der Waals surface area contributed by atoms with Crippen molar-refractivity contribution in [3.05, 3.63) is 64.7 Å². The minimum absolute atomic E-state index is 0.113. The van der Waals surface area contributed by atoms with Gasteiger partial charge in [-0.2, -0.15) is 0 Å². The van der Waals surface area contributed by atoms with Crippen LogP contribution < -0.4 is 10.2 Å². The summed E-state index contributed by atoms with van der Waals surface area (Å²) < 4.78 is 0. The minimum Gasteiger partial charge on any atom is -0.368 e. The standard InChI is InChI=1S/C21H24ClN3O2/c1-16-3-2-4-19(13-16)24-9-11-25(12-10-24)21(27)14-20(26)23-15-17-5-7-18(22)8-6-17/h2-8,13H,9-12,14-15H2,1H3,(H,23,26). The second kappa shape index (κ2) is 8.91. The third-order valence-corrected chi connectivity index (χ3v) is 4.97. The third-order valence-electron chi connectivity index (χ3n) is 4.71. The number of carbonyl (C=O) groups is 2. The average molecular weight is 386 g/mol. The summed E-state index contributed by atoms with van der Waals surface area (Å²) in [7, 11) is 0. The molecule has 2 aromatic carbocycles. The molecule has 1 N–H and O–H groups in total. The van der Waals surface area contributed by atoms with Crippen molar-refractivity contribution in [2.75, 3.05) is 31.1 Å². The summed E-state index contributed by atoms with van der Waals surface area (Å²) in [4.78, 5) is 28.5. The molecule has 0 aromatic heterocycles. The van der Waals surface area contributed by atoms with Gasteiger partial charge < -0.3 is 15.1 Å². The van der Waals surface area contributed by atoms with Gasteiger partial charge in [0, 0.05) is 43.4 Å². The Morgan fingerprint density at radius 3 is 2.41 bits per heavy atom. The molecular weight excluding hydrogens is 362 g/mol. The van der Waals surface area contributed by atoms with Crippen LogP contribution in [0.1, 0.15) is 17.5 Å². The number of hydrogen-bond acceptors (Lipinski definition) is 3. The van der Waals surface area contributed by atoms with Crippen LogP contribution in [-0.4, -0.2) is 42.9 Å². The molecule has 0 saturated carbocycles. The van der Waals surface area contributed by atoms with E-state index in [1.54, 1.807) is 17.0 Å². The number of hydrogen-bond donors (Lipinski definition) is 1. The molecule has 1 fully saturated rings. The number of aryl methyl sites for hydroxylation is 1. The van der Waals surface area contributed by atoms with Crippen LogP contribution in [0.5, 0.6) is 0 Å². The van der Waals surface area contributed by atoms with E-state index in [2.05, 4.69) is 35.3 Å². The van der Waals surface area contributed by atoms with Gasteiger partial charge in [-0.1, -0.05) is 35.9 Å². The lowest BCUT2D eigenvalue weighted by molar-refractivity contribution is -0.136. The van der Waals surface area contributed by atoms with E-state index >= 15 is 0 Å². The molecular formula is C21H24ClN3O2. The Kier molecular flexibility index (Phi) is 6.35. The summed E-state index contributed by atoms with van der Waals surface area (Å²) in [5.41, 5.74) is 3.36. The highest BCUT2D eigenvalue weighted by Crippen LogP contribution is 2.18. The Balaban J connectivity index is 1.43. The van der Waals surface area contributed by atoms with E-state index in [1.807, 2.05) is 18.2 Å². The largest absolute Gasteiger partial charge is 0.368 e. The fraction of sp³-hybridized carbons (Fsp3) is 0.333. The van der Waals surface area contributed by atoms with Crippen molar-refractivity contribution in [1.29, 1.82) is 0 Å². The monoisotopic (exact) mass is 385 g/mol. The maximum absolute atomic E-state index is 12.4. The molecule has 2 amide bonds. The summed E-state index contributed by atoms with van der Waals surface area (Å²) >= 11 is 5.85. The molecule has 0 bridgehead atoms. The Morgan fingerprint density at radius 2 is 1.74 bits per heavy atom. The highest BCUT2D eigenvalue weighted by atomic mass is 35.5. The highest BCUT2D eigenvalue weighted by molar-refractivity contribution is 6.30. The van der Waals surface area contributed by atoms with E-state index in [4.69, 9.17) is 11.6 Å².